The maximum Gasteiger partial charge on any atom is 0.407 e. The maximum absolute atomic E-state index is 12.8. The van der Waals surface area contributed by atoms with E-state index >= 15 is 0 Å². The number of aliphatic imine (C=N–C) groups is 1. The van der Waals surface area contributed by atoms with Crippen molar-refractivity contribution >= 4 is 18.0 Å². The molecule has 1 aromatic rings. The van der Waals surface area contributed by atoms with Crippen molar-refractivity contribution in [2.75, 3.05) is 6.54 Å². The fourth-order valence-electron chi connectivity index (χ4n) is 1.64. The summed E-state index contributed by atoms with van der Waals surface area (Å²) in [4.78, 5) is 15.8. The van der Waals surface area contributed by atoms with Gasteiger partial charge >= 0.3 is 6.09 Å². The van der Waals surface area contributed by atoms with Crippen molar-refractivity contribution < 1.29 is 13.9 Å². The van der Waals surface area contributed by atoms with E-state index in [1.807, 2.05) is 6.92 Å². The molecule has 0 saturated heterocycles. The van der Waals surface area contributed by atoms with E-state index in [0.717, 1.165) is 5.56 Å². The Labute approximate surface area is 136 Å². The summed E-state index contributed by atoms with van der Waals surface area (Å²) >= 11 is 0. The molecule has 1 amide bonds. The Kier molecular flexibility index (Phi) is 6.75. The molecule has 0 spiro atoms. The lowest BCUT2D eigenvalue weighted by Gasteiger charge is -2.21. The number of nitrogens with zero attached hydrogens (tertiary/aromatic N) is 1. The minimum atomic E-state index is -0.528. The van der Waals surface area contributed by atoms with Gasteiger partial charge in [0.2, 0.25) is 0 Å². The highest BCUT2D eigenvalue weighted by molar-refractivity contribution is 5.83. The number of carbonyl (C=O) groups excluding carboxylic acids is 1. The Morgan fingerprint density at radius 1 is 1.39 bits per heavy atom. The quantitative estimate of drug-likeness (QED) is 0.818. The van der Waals surface area contributed by atoms with E-state index in [2.05, 4.69) is 10.3 Å². The van der Waals surface area contributed by atoms with Gasteiger partial charge in [0.05, 0.1) is 6.54 Å². The van der Waals surface area contributed by atoms with E-state index in [9.17, 15) is 9.18 Å². The van der Waals surface area contributed by atoms with E-state index in [0.29, 0.717) is 12.2 Å². The van der Waals surface area contributed by atoms with Crippen LogP contribution in [0.4, 0.5) is 9.18 Å². The van der Waals surface area contributed by atoms with Gasteiger partial charge in [0.15, 0.2) is 0 Å². The van der Waals surface area contributed by atoms with Crippen LogP contribution in [0.5, 0.6) is 0 Å². The summed E-state index contributed by atoms with van der Waals surface area (Å²) < 4.78 is 18.0. The fraction of sp³-hybridized carbons (Fsp3) is 0.412. The molecule has 0 bridgehead atoms. The molecule has 0 unspecified atom stereocenters. The molecule has 0 fully saturated rings. The zero-order valence-corrected chi connectivity index (χ0v) is 14.0. The number of hydrogen-bond acceptors (Lipinski definition) is 4. The Morgan fingerprint density at radius 3 is 2.57 bits per heavy atom. The highest BCUT2D eigenvalue weighted by Gasteiger charge is 2.17. The van der Waals surface area contributed by atoms with Gasteiger partial charge in [-0.1, -0.05) is 12.1 Å². The van der Waals surface area contributed by atoms with Gasteiger partial charge < -0.3 is 15.8 Å². The minimum Gasteiger partial charge on any atom is -0.444 e. The van der Waals surface area contributed by atoms with Crippen LogP contribution in [-0.4, -0.2) is 30.5 Å². The first kappa shape index (κ1) is 18.7. The molecule has 0 aromatic heterocycles. The maximum atomic E-state index is 12.8. The monoisotopic (exact) mass is 321 g/mol. The molecule has 5 nitrogen and oxygen atoms in total. The highest BCUT2D eigenvalue weighted by atomic mass is 19.1. The Balaban J connectivity index is 2.44. The van der Waals surface area contributed by atoms with Crippen LogP contribution in [0.15, 0.2) is 35.3 Å². The number of benzene rings is 1. The summed E-state index contributed by atoms with van der Waals surface area (Å²) in [5.74, 6) is -0.308. The lowest BCUT2D eigenvalue weighted by molar-refractivity contribution is 0.0510. The number of hydrogen-bond donors (Lipinski definition) is 2. The lowest BCUT2D eigenvalue weighted by atomic mass is 10.1. The van der Waals surface area contributed by atoms with Crippen molar-refractivity contribution in [1.82, 2.24) is 5.32 Å². The first-order chi connectivity index (χ1) is 10.7. The number of ether oxygens (including phenoxy) is 1. The lowest BCUT2D eigenvalue weighted by Crippen LogP contribution is -2.39. The second-order valence-electron chi connectivity index (χ2n) is 6.19. The number of nitrogens with one attached hydrogen (secondary N) is 1. The van der Waals surface area contributed by atoms with Crippen LogP contribution in [-0.2, 0) is 4.74 Å². The van der Waals surface area contributed by atoms with Gasteiger partial charge in [0.25, 0.3) is 0 Å². The van der Waals surface area contributed by atoms with E-state index in [4.69, 9.17) is 10.5 Å². The smallest absolute Gasteiger partial charge is 0.407 e. The molecule has 3 N–H and O–H groups in total. The standard InChI is InChI=1S/C17H24FN3O2/c1-12(21-16(22)23-17(2,3)4)11-20-10-9-15(19)13-5-7-14(18)8-6-13/h5-10,12H,11,19H2,1-4H3,(H,21,22)/t12-/m1/s1. The van der Waals surface area contributed by atoms with Gasteiger partial charge in [0.1, 0.15) is 11.4 Å². The number of allylic oxidation sites excluding steroid dienone is 1. The van der Waals surface area contributed by atoms with E-state index < -0.39 is 11.7 Å². The van der Waals surface area contributed by atoms with Crippen molar-refractivity contribution in [1.29, 1.82) is 0 Å². The zero-order chi connectivity index (χ0) is 17.5. The van der Waals surface area contributed by atoms with E-state index in [-0.39, 0.29) is 11.9 Å². The molecule has 0 radical (unpaired) electrons. The first-order valence-electron chi connectivity index (χ1n) is 7.38. The normalized spacial score (nSPS) is 13.9. The Bertz CT molecular complexity index is 574. The number of nitrogens with two attached hydrogens (primary N) is 1. The Hall–Kier alpha value is -2.37. The molecule has 126 valence electrons. The third-order valence-corrected chi connectivity index (χ3v) is 2.68. The highest BCUT2D eigenvalue weighted by Crippen LogP contribution is 2.09. The van der Waals surface area contributed by atoms with Gasteiger partial charge in [-0.15, -0.1) is 0 Å². The largest absolute Gasteiger partial charge is 0.444 e. The molecule has 6 heteroatoms. The summed E-state index contributed by atoms with van der Waals surface area (Å²) in [5, 5.41) is 2.69. The average molecular weight is 321 g/mol. The van der Waals surface area contributed by atoms with Crippen molar-refractivity contribution in [2.24, 2.45) is 10.7 Å². The van der Waals surface area contributed by atoms with Gasteiger partial charge in [-0.25, -0.2) is 9.18 Å². The van der Waals surface area contributed by atoms with Crippen molar-refractivity contribution in [3.05, 3.63) is 41.7 Å². The predicted molar refractivity (Wildman–Crippen MR) is 90.8 cm³/mol. The Morgan fingerprint density at radius 2 is 2.00 bits per heavy atom. The van der Waals surface area contributed by atoms with Crippen LogP contribution in [0, 0.1) is 5.82 Å². The van der Waals surface area contributed by atoms with Crippen LogP contribution in [0.3, 0.4) is 0 Å². The minimum absolute atomic E-state index is 0.165. The summed E-state index contributed by atoms with van der Waals surface area (Å²) in [6.45, 7) is 7.63. The molecule has 0 saturated carbocycles. The number of carbonyl (C=O) groups is 1. The second-order valence-corrected chi connectivity index (χ2v) is 6.19. The van der Waals surface area contributed by atoms with Crippen LogP contribution in [0.2, 0.25) is 0 Å². The third-order valence-electron chi connectivity index (χ3n) is 2.68. The van der Waals surface area contributed by atoms with Crippen LogP contribution < -0.4 is 11.1 Å². The first-order valence-corrected chi connectivity index (χ1v) is 7.38. The molecule has 1 atom stereocenters. The zero-order valence-electron chi connectivity index (χ0n) is 14.0. The SMILES string of the molecule is C[C@H](CN=CC=C(N)c1ccc(F)cc1)NC(=O)OC(C)(C)C. The molecule has 1 rings (SSSR count). The molecular formula is C17H24FN3O2. The number of amides is 1. The molecular weight excluding hydrogens is 297 g/mol. The van der Waals surface area contributed by atoms with Gasteiger partial charge in [0, 0.05) is 18.0 Å². The molecule has 0 aliphatic rings. The molecule has 0 heterocycles. The van der Waals surface area contributed by atoms with Crippen LogP contribution in [0.1, 0.15) is 33.3 Å². The van der Waals surface area contributed by atoms with Crippen molar-refractivity contribution in [3.8, 4) is 0 Å². The molecule has 23 heavy (non-hydrogen) atoms. The van der Waals surface area contributed by atoms with E-state index in [1.54, 1.807) is 45.2 Å². The number of alkyl carbamates (subject to hydrolysis) is 1. The fourth-order valence-corrected chi connectivity index (χ4v) is 1.64. The summed E-state index contributed by atoms with van der Waals surface area (Å²) in [6, 6.07) is 5.73. The molecule has 1 aromatic carbocycles. The van der Waals surface area contributed by atoms with Crippen LogP contribution in [0.25, 0.3) is 5.70 Å². The molecule has 0 aliphatic heterocycles. The predicted octanol–water partition coefficient (Wildman–Crippen LogP) is 3.11. The second kappa shape index (κ2) is 8.31. The van der Waals surface area contributed by atoms with Gasteiger partial charge in [-0.2, -0.15) is 0 Å². The summed E-state index contributed by atoms with van der Waals surface area (Å²) in [6.07, 6.45) is 2.72. The average Bonchev–Trinajstić information content (AvgIpc) is 2.42. The van der Waals surface area contributed by atoms with Crippen molar-refractivity contribution in [2.45, 2.75) is 39.3 Å². The third kappa shape index (κ3) is 7.99. The van der Waals surface area contributed by atoms with Gasteiger partial charge in [-0.3, -0.25) is 4.99 Å². The van der Waals surface area contributed by atoms with E-state index in [1.165, 1.54) is 12.1 Å². The number of rotatable bonds is 5. The summed E-state index contributed by atoms with van der Waals surface area (Å²) in [7, 11) is 0. The van der Waals surface area contributed by atoms with Gasteiger partial charge in [-0.05, 0) is 51.5 Å². The number of halogens is 1. The molecule has 0 aliphatic carbocycles. The topological polar surface area (TPSA) is 76.7 Å². The van der Waals surface area contributed by atoms with Crippen LogP contribution >= 0.6 is 0 Å². The summed E-state index contributed by atoms with van der Waals surface area (Å²) in [5.41, 5.74) is 6.55. The van der Waals surface area contributed by atoms with Crippen molar-refractivity contribution in [3.63, 3.8) is 0 Å².